The Hall–Kier alpha value is -1.89. The van der Waals surface area contributed by atoms with Crippen LogP contribution in [0.4, 0.5) is 4.39 Å². The van der Waals surface area contributed by atoms with Crippen LogP contribution in [-0.2, 0) is 0 Å². The van der Waals surface area contributed by atoms with Crippen LogP contribution in [0.2, 0.25) is 0 Å². The smallest absolute Gasteiger partial charge is 0.255 e. The van der Waals surface area contributed by atoms with E-state index in [1.54, 1.807) is 13.0 Å². The van der Waals surface area contributed by atoms with Gasteiger partial charge in [-0.05, 0) is 25.0 Å². The third-order valence-electron chi connectivity index (χ3n) is 2.46. The van der Waals surface area contributed by atoms with Gasteiger partial charge in [0.25, 0.3) is 5.91 Å². The predicted molar refractivity (Wildman–Crippen MR) is 62.8 cm³/mol. The van der Waals surface area contributed by atoms with Crippen LogP contribution >= 0.6 is 0 Å². The van der Waals surface area contributed by atoms with Crippen molar-refractivity contribution in [3.8, 4) is 6.07 Å². The summed E-state index contributed by atoms with van der Waals surface area (Å²) < 4.78 is 13.4. The molecule has 1 amide bonds. The van der Waals surface area contributed by atoms with Gasteiger partial charge in [-0.3, -0.25) is 4.79 Å². The van der Waals surface area contributed by atoms with Crippen molar-refractivity contribution in [2.45, 2.75) is 26.8 Å². The molecule has 0 saturated carbocycles. The average Bonchev–Trinajstić information content (AvgIpc) is 2.28. The van der Waals surface area contributed by atoms with Crippen molar-refractivity contribution in [3.63, 3.8) is 0 Å². The number of aryl methyl sites for hydroxylation is 1. The van der Waals surface area contributed by atoms with Gasteiger partial charge in [-0.25, -0.2) is 4.39 Å². The van der Waals surface area contributed by atoms with Gasteiger partial charge in [-0.1, -0.05) is 25.5 Å². The van der Waals surface area contributed by atoms with Crippen LogP contribution in [0, 0.1) is 30.0 Å². The van der Waals surface area contributed by atoms with Gasteiger partial charge in [-0.2, -0.15) is 5.26 Å². The molecule has 0 heterocycles. The maximum absolute atomic E-state index is 13.4. The molecular weight excluding hydrogens is 219 g/mol. The van der Waals surface area contributed by atoms with Crippen LogP contribution < -0.4 is 5.32 Å². The number of nitriles is 1. The monoisotopic (exact) mass is 234 g/mol. The fourth-order valence-corrected chi connectivity index (χ4v) is 1.38. The number of nitrogens with zero attached hydrogens (tertiary/aromatic N) is 1. The van der Waals surface area contributed by atoms with Gasteiger partial charge in [0.15, 0.2) is 0 Å². The Morgan fingerprint density at radius 2 is 2.12 bits per heavy atom. The Balaban J connectivity index is 2.90. The summed E-state index contributed by atoms with van der Waals surface area (Å²) in [5, 5.41) is 11.4. The number of carbonyl (C=O) groups is 1. The second-order valence-corrected chi connectivity index (χ2v) is 4.31. The van der Waals surface area contributed by atoms with Crippen molar-refractivity contribution in [3.05, 3.63) is 35.1 Å². The number of nitrogens with one attached hydrogen (secondary N) is 1. The normalized spacial score (nSPS) is 12.0. The molecule has 1 aromatic rings. The van der Waals surface area contributed by atoms with E-state index in [4.69, 9.17) is 5.26 Å². The van der Waals surface area contributed by atoms with Gasteiger partial charge in [0, 0.05) is 0 Å². The van der Waals surface area contributed by atoms with E-state index in [0.29, 0.717) is 0 Å². The molecule has 0 bridgehead atoms. The number of carbonyl (C=O) groups excluding carboxylic acids is 1. The number of halogens is 1. The minimum absolute atomic E-state index is 0.0168. The van der Waals surface area contributed by atoms with Crippen LogP contribution in [0.1, 0.15) is 29.8 Å². The van der Waals surface area contributed by atoms with E-state index < -0.39 is 17.8 Å². The quantitative estimate of drug-likeness (QED) is 0.873. The minimum atomic E-state index is -0.609. The zero-order valence-electron chi connectivity index (χ0n) is 10.1. The molecule has 1 atom stereocenters. The van der Waals surface area contributed by atoms with E-state index >= 15 is 0 Å². The van der Waals surface area contributed by atoms with Crippen molar-refractivity contribution in [2.24, 2.45) is 5.92 Å². The number of benzene rings is 1. The van der Waals surface area contributed by atoms with E-state index in [-0.39, 0.29) is 11.5 Å². The first-order chi connectivity index (χ1) is 7.95. The Morgan fingerprint density at radius 1 is 1.47 bits per heavy atom. The van der Waals surface area contributed by atoms with Crippen molar-refractivity contribution in [1.29, 1.82) is 5.26 Å². The summed E-state index contributed by atoms with van der Waals surface area (Å²) in [6.07, 6.45) is 0. The Labute approximate surface area is 100 Å². The molecule has 90 valence electrons. The molecule has 0 fully saturated rings. The maximum atomic E-state index is 13.4. The Bertz CT molecular complexity index is 463. The lowest BCUT2D eigenvalue weighted by Gasteiger charge is -2.15. The molecule has 4 heteroatoms. The fourth-order valence-electron chi connectivity index (χ4n) is 1.38. The summed E-state index contributed by atoms with van der Waals surface area (Å²) >= 11 is 0. The molecular formula is C13H15FN2O. The van der Waals surface area contributed by atoms with Crippen molar-refractivity contribution in [1.82, 2.24) is 5.32 Å². The third-order valence-corrected chi connectivity index (χ3v) is 2.46. The van der Waals surface area contributed by atoms with Crippen LogP contribution in [0.5, 0.6) is 0 Å². The molecule has 0 aliphatic rings. The molecule has 0 radical (unpaired) electrons. The number of amides is 1. The fraction of sp³-hybridized carbons (Fsp3) is 0.385. The third kappa shape index (κ3) is 3.28. The molecule has 1 unspecified atom stereocenters. The van der Waals surface area contributed by atoms with Gasteiger partial charge in [0.05, 0.1) is 11.6 Å². The van der Waals surface area contributed by atoms with Crippen molar-refractivity contribution < 1.29 is 9.18 Å². The predicted octanol–water partition coefficient (Wildman–Crippen LogP) is 2.41. The second kappa shape index (κ2) is 5.44. The first-order valence-electron chi connectivity index (χ1n) is 5.42. The summed E-state index contributed by atoms with van der Waals surface area (Å²) in [4.78, 5) is 11.8. The van der Waals surface area contributed by atoms with Gasteiger partial charge < -0.3 is 5.32 Å². The van der Waals surface area contributed by atoms with E-state index in [2.05, 4.69) is 5.32 Å². The van der Waals surface area contributed by atoms with Crippen LogP contribution in [0.15, 0.2) is 18.2 Å². The lowest BCUT2D eigenvalue weighted by Crippen LogP contribution is -2.37. The molecule has 17 heavy (non-hydrogen) atoms. The maximum Gasteiger partial charge on any atom is 0.255 e. The molecule has 0 aliphatic carbocycles. The van der Waals surface area contributed by atoms with Crippen LogP contribution in [0.3, 0.4) is 0 Å². The lowest BCUT2D eigenvalue weighted by atomic mass is 10.0. The lowest BCUT2D eigenvalue weighted by molar-refractivity contribution is 0.0933. The van der Waals surface area contributed by atoms with Gasteiger partial charge >= 0.3 is 0 Å². The SMILES string of the molecule is Cc1ccc(F)c(C(=O)NC(C#N)C(C)C)c1. The molecule has 0 aromatic heterocycles. The largest absolute Gasteiger partial charge is 0.336 e. The standard InChI is InChI=1S/C13H15FN2O/c1-8(2)12(7-15)16-13(17)10-6-9(3)4-5-11(10)14/h4-6,8,12H,1-3H3,(H,16,17). The topological polar surface area (TPSA) is 52.9 Å². The highest BCUT2D eigenvalue weighted by molar-refractivity contribution is 5.95. The summed E-state index contributed by atoms with van der Waals surface area (Å²) in [5.41, 5.74) is 0.778. The summed E-state index contributed by atoms with van der Waals surface area (Å²) in [6.45, 7) is 5.42. The highest BCUT2D eigenvalue weighted by atomic mass is 19.1. The van der Waals surface area contributed by atoms with Crippen molar-refractivity contribution in [2.75, 3.05) is 0 Å². The van der Waals surface area contributed by atoms with E-state index in [0.717, 1.165) is 5.56 Å². The van der Waals surface area contributed by atoms with Gasteiger partial charge in [0.1, 0.15) is 11.9 Å². The van der Waals surface area contributed by atoms with Crippen molar-refractivity contribution >= 4 is 5.91 Å². The first kappa shape index (κ1) is 13.2. The highest BCUT2D eigenvalue weighted by Gasteiger charge is 2.18. The molecule has 1 aromatic carbocycles. The molecule has 0 spiro atoms. The summed E-state index contributed by atoms with van der Waals surface area (Å²) in [7, 11) is 0. The van der Waals surface area contributed by atoms with E-state index in [1.165, 1.54) is 12.1 Å². The average molecular weight is 234 g/mol. The Morgan fingerprint density at radius 3 is 2.65 bits per heavy atom. The first-order valence-corrected chi connectivity index (χ1v) is 5.42. The number of hydrogen-bond donors (Lipinski definition) is 1. The minimum Gasteiger partial charge on any atom is -0.336 e. The number of hydrogen-bond acceptors (Lipinski definition) is 2. The second-order valence-electron chi connectivity index (χ2n) is 4.31. The van der Waals surface area contributed by atoms with Gasteiger partial charge in [-0.15, -0.1) is 0 Å². The van der Waals surface area contributed by atoms with E-state index in [1.807, 2.05) is 19.9 Å². The molecule has 1 N–H and O–H groups in total. The molecule has 3 nitrogen and oxygen atoms in total. The number of rotatable bonds is 3. The molecule has 0 saturated heterocycles. The zero-order chi connectivity index (χ0) is 13.0. The summed E-state index contributed by atoms with van der Waals surface area (Å²) in [5.74, 6) is -1.14. The van der Waals surface area contributed by atoms with Gasteiger partial charge in [0.2, 0.25) is 0 Å². The summed E-state index contributed by atoms with van der Waals surface area (Å²) in [6, 6.07) is 5.69. The molecule has 1 rings (SSSR count). The Kier molecular flexibility index (Phi) is 4.22. The van der Waals surface area contributed by atoms with Crippen LogP contribution in [-0.4, -0.2) is 11.9 Å². The molecule has 0 aliphatic heterocycles. The van der Waals surface area contributed by atoms with Crippen LogP contribution in [0.25, 0.3) is 0 Å². The highest BCUT2D eigenvalue weighted by Crippen LogP contribution is 2.11. The van der Waals surface area contributed by atoms with E-state index in [9.17, 15) is 9.18 Å². The zero-order valence-corrected chi connectivity index (χ0v) is 10.1.